The summed E-state index contributed by atoms with van der Waals surface area (Å²) < 4.78 is 5.97. The SMILES string of the molecule is C#CCC(CC)NC(C)c1oc2ccccc2c1C. The van der Waals surface area contributed by atoms with Gasteiger partial charge in [0.25, 0.3) is 0 Å². The molecule has 0 amide bonds. The van der Waals surface area contributed by atoms with Crippen LogP contribution >= 0.6 is 0 Å². The highest BCUT2D eigenvalue weighted by Gasteiger charge is 2.18. The van der Waals surface area contributed by atoms with Crippen LogP contribution in [0.1, 0.15) is 44.1 Å². The highest BCUT2D eigenvalue weighted by molar-refractivity contribution is 5.82. The van der Waals surface area contributed by atoms with E-state index in [1.165, 1.54) is 10.9 Å². The van der Waals surface area contributed by atoms with Crippen molar-refractivity contribution < 1.29 is 4.42 Å². The summed E-state index contributed by atoms with van der Waals surface area (Å²) in [6, 6.07) is 8.67. The molecule has 0 saturated heterocycles. The molecule has 0 spiro atoms. The predicted octanol–water partition coefficient (Wildman–Crippen LogP) is 4.19. The first-order valence-corrected chi connectivity index (χ1v) is 6.84. The molecule has 1 N–H and O–H groups in total. The average molecular weight is 255 g/mol. The van der Waals surface area contributed by atoms with Gasteiger partial charge in [0.2, 0.25) is 0 Å². The van der Waals surface area contributed by atoms with Crippen LogP contribution < -0.4 is 5.32 Å². The summed E-state index contributed by atoms with van der Waals surface area (Å²) in [6.45, 7) is 6.39. The average Bonchev–Trinajstić information content (AvgIpc) is 2.76. The minimum absolute atomic E-state index is 0.172. The summed E-state index contributed by atoms with van der Waals surface area (Å²) in [4.78, 5) is 0. The molecule has 2 heteroatoms. The number of nitrogens with one attached hydrogen (secondary N) is 1. The van der Waals surface area contributed by atoms with Crippen molar-refractivity contribution in [2.75, 3.05) is 0 Å². The van der Waals surface area contributed by atoms with Gasteiger partial charge in [-0.2, -0.15) is 0 Å². The summed E-state index contributed by atoms with van der Waals surface area (Å²) in [7, 11) is 0. The molecule has 0 aliphatic carbocycles. The summed E-state index contributed by atoms with van der Waals surface area (Å²) in [6.07, 6.45) is 7.17. The molecule has 0 bridgehead atoms. The molecule has 2 unspecified atom stereocenters. The molecular formula is C17H21NO. The zero-order valence-corrected chi connectivity index (χ0v) is 11.9. The number of benzene rings is 1. The third kappa shape index (κ3) is 2.83. The molecule has 2 nitrogen and oxygen atoms in total. The number of furan rings is 1. The second-order valence-electron chi connectivity index (χ2n) is 4.99. The van der Waals surface area contributed by atoms with Crippen LogP contribution in [0.5, 0.6) is 0 Å². The topological polar surface area (TPSA) is 25.2 Å². The van der Waals surface area contributed by atoms with E-state index in [9.17, 15) is 0 Å². The summed E-state index contributed by atoms with van der Waals surface area (Å²) in [5.74, 6) is 3.73. The second kappa shape index (κ2) is 5.95. The van der Waals surface area contributed by atoms with E-state index in [0.717, 1.165) is 24.2 Å². The van der Waals surface area contributed by atoms with E-state index in [0.29, 0.717) is 6.04 Å². The zero-order valence-electron chi connectivity index (χ0n) is 11.9. The monoisotopic (exact) mass is 255 g/mol. The molecule has 100 valence electrons. The van der Waals surface area contributed by atoms with E-state index in [2.05, 4.69) is 38.1 Å². The van der Waals surface area contributed by atoms with Gasteiger partial charge in [-0.15, -0.1) is 12.3 Å². The van der Waals surface area contributed by atoms with Crippen LogP contribution in [0, 0.1) is 19.3 Å². The van der Waals surface area contributed by atoms with Crippen LogP contribution in [0.25, 0.3) is 11.0 Å². The quantitative estimate of drug-likeness (QED) is 0.810. The van der Waals surface area contributed by atoms with E-state index in [1.807, 2.05) is 18.2 Å². The fraction of sp³-hybridized carbons (Fsp3) is 0.412. The molecule has 0 fully saturated rings. The molecule has 1 aromatic carbocycles. The Bertz CT molecular complexity index is 591. The Kier molecular flexibility index (Phi) is 4.29. The van der Waals surface area contributed by atoms with Gasteiger partial charge >= 0.3 is 0 Å². The lowest BCUT2D eigenvalue weighted by atomic mass is 10.1. The van der Waals surface area contributed by atoms with Crippen molar-refractivity contribution in [1.82, 2.24) is 5.32 Å². The molecule has 2 atom stereocenters. The van der Waals surface area contributed by atoms with Gasteiger partial charge in [-0.1, -0.05) is 25.1 Å². The number of rotatable bonds is 5. The molecule has 0 aliphatic heterocycles. The zero-order chi connectivity index (χ0) is 13.8. The van der Waals surface area contributed by atoms with Gasteiger partial charge in [0.1, 0.15) is 11.3 Å². The summed E-state index contributed by atoms with van der Waals surface area (Å²) >= 11 is 0. The molecule has 0 radical (unpaired) electrons. The van der Waals surface area contributed by atoms with Crippen molar-refractivity contribution >= 4 is 11.0 Å². The van der Waals surface area contributed by atoms with E-state index < -0.39 is 0 Å². The largest absolute Gasteiger partial charge is 0.459 e. The lowest BCUT2D eigenvalue weighted by Crippen LogP contribution is -2.30. The second-order valence-corrected chi connectivity index (χ2v) is 4.99. The van der Waals surface area contributed by atoms with Crippen LogP contribution in [0.2, 0.25) is 0 Å². The normalized spacial score (nSPS) is 14.2. The van der Waals surface area contributed by atoms with Crippen LogP contribution in [0.3, 0.4) is 0 Å². The number of hydrogen-bond donors (Lipinski definition) is 1. The third-order valence-corrected chi connectivity index (χ3v) is 3.62. The van der Waals surface area contributed by atoms with E-state index in [-0.39, 0.29) is 6.04 Å². The molecule has 1 heterocycles. The van der Waals surface area contributed by atoms with Crippen LogP contribution in [-0.4, -0.2) is 6.04 Å². The van der Waals surface area contributed by atoms with Gasteiger partial charge < -0.3 is 9.73 Å². The van der Waals surface area contributed by atoms with E-state index in [4.69, 9.17) is 10.8 Å². The van der Waals surface area contributed by atoms with Crippen LogP contribution in [0.4, 0.5) is 0 Å². The van der Waals surface area contributed by atoms with Gasteiger partial charge in [-0.05, 0) is 31.9 Å². The predicted molar refractivity (Wildman–Crippen MR) is 80.0 cm³/mol. The van der Waals surface area contributed by atoms with Crippen molar-refractivity contribution in [3.63, 3.8) is 0 Å². The maximum Gasteiger partial charge on any atom is 0.134 e. The molecule has 0 aliphatic rings. The Morgan fingerprint density at radius 1 is 1.37 bits per heavy atom. The van der Waals surface area contributed by atoms with Gasteiger partial charge in [-0.25, -0.2) is 0 Å². The number of hydrogen-bond acceptors (Lipinski definition) is 2. The Balaban J connectivity index is 2.24. The van der Waals surface area contributed by atoms with Crippen molar-refractivity contribution in [2.24, 2.45) is 0 Å². The molecular weight excluding hydrogens is 234 g/mol. The molecule has 19 heavy (non-hydrogen) atoms. The number of aryl methyl sites for hydroxylation is 1. The molecule has 1 aromatic heterocycles. The highest BCUT2D eigenvalue weighted by atomic mass is 16.3. The van der Waals surface area contributed by atoms with E-state index in [1.54, 1.807) is 0 Å². The summed E-state index contributed by atoms with van der Waals surface area (Å²) in [5.41, 5.74) is 2.17. The number of terminal acetylenes is 1. The van der Waals surface area contributed by atoms with Crippen LogP contribution in [0.15, 0.2) is 28.7 Å². The highest BCUT2D eigenvalue weighted by Crippen LogP contribution is 2.29. The molecule has 0 saturated carbocycles. The van der Waals surface area contributed by atoms with Gasteiger partial charge in [0.05, 0.1) is 6.04 Å². The Labute approximate surface area is 115 Å². The first kappa shape index (κ1) is 13.7. The van der Waals surface area contributed by atoms with Crippen molar-refractivity contribution in [2.45, 2.75) is 45.7 Å². The minimum atomic E-state index is 0.172. The Morgan fingerprint density at radius 3 is 2.74 bits per heavy atom. The lowest BCUT2D eigenvalue weighted by Gasteiger charge is -2.19. The van der Waals surface area contributed by atoms with Gasteiger partial charge in [0, 0.05) is 17.8 Å². The van der Waals surface area contributed by atoms with Crippen molar-refractivity contribution in [3.8, 4) is 12.3 Å². The maximum atomic E-state index is 5.97. The van der Waals surface area contributed by atoms with Crippen molar-refractivity contribution in [1.29, 1.82) is 0 Å². The van der Waals surface area contributed by atoms with Crippen molar-refractivity contribution in [3.05, 3.63) is 35.6 Å². The maximum absolute atomic E-state index is 5.97. The first-order chi connectivity index (χ1) is 9.17. The van der Waals surface area contributed by atoms with E-state index >= 15 is 0 Å². The van der Waals surface area contributed by atoms with Crippen LogP contribution in [-0.2, 0) is 0 Å². The smallest absolute Gasteiger partial charge is 0.134 e. The molecule has 2 rings (SSSR count). The fourth-order valence-corrected chi connectivity index (χ4v) is 2.50. The third-order valence-electron chi connectivity index (χ3n) is 3.62. The van der Waals surface area contributed by atoms with Gasteiger partial charge in [0.15, 0.2) is 0 Å². The fourth-order valence-electron chi connectivity index (χ4n) is 2.50. The van der Waals surface area contributed by atoms with Gasteiger partial charge in [-0.3, -0.25) is 0 Å². The lowest BCUT2D eigenvalue weighted by molar-refractivity contribution is 0.393. The number of fused-ring (bicyclic) bond motifs is 1. The minimum Gasteiger partial charge on any atom is -0.459 e. The first-order valence-electron chi connectivity index (χ1n) is 6.84. The Morgan fingerprint density at radius 2 is 2.11 bits per heavy atom. The molecule has 2 aromatic rings. The standard InChI is InChI=1S/C17H21NO/c1-5-9-14(6-2)18-13(4)17-12(3)15-10-7-8-11-16(15)19-17/h1,7-8,10-11,13-14,18H,6,9H2,2-4H3. The Hall–Kier alpha value is -1.72. The summed E-state index contributed by atoms with van der Waals surface area (Å²) in [5, 5.41) is 4.74. The number of para-hydroxylation sites is 1.